The summed E-state index contributed by atoms with van der Waals surface area (Å²) in [5, 5.41) is 0. The van der Waals surface area contributed by atoms with Crippen LogP contribution in [0.1, 0.15) is 278 Å². The number of unbranched alkanes of at least 4 members (excludes halogenated alkanes) is 26. The lowest BCUT2D eigenvalue weighted by Crippen LogP contribution is -2.30. The number of esters is 3. The summed E-state index contributed by atoms with van der Waals surface area (Å²) in [6.45, 7) is 6.25. The minimum atomic E-state index is -0.827. The van der Waals surface area contributed by atoms with Crippen LogP contribution < -0.4 is 0 Å². The van der Waals surface area contributed by atoms with Crippen LogP contribution in [0.25, 0.3) is 0 Å². The van der Waals surface area contributed by atoms with E-state index in [9.17, 15) is 14.4 Å². The summed E-state index contributed by atoms with van der Waals surface area (Å²) in [5.74, 6) is -1.06. The summed E-state index contributed by atoms with van der Waals surface area (Å²) in [6, 6.07) is 0. The molecular formula is C67H112O6. The molecule has 0 aliphatic heterocycles. The Balaban J connectivity index is 3.95. The van der Waals surface area contributed by atoms with E-state index in [1.54, 1.807) is 6.08 Å². The number of ether oxygens (including phenoxy) is 3. The summed E-state index contributed by atoms with van der Waals surface area (Å²) in [4.78, 5) is 37.7. The van der Waals surface area contributed by atoms with Gasteiger partial charge >= 0.3 is 17.9 Å². The Hall–Kier alpha value is -3.93. The van der Waals surface area contributed by atoms with Crippen molar-refractivity contribution in [1.82, 2.24) is 0 Å². The highest BCUT2D eigenvalue weighted by atomic mass is 16.6. The van der Waals surface area contributed by atoms with E-state index in [0.717, 1.165) is 109 Å². The second kappa shape index (κ2) is 60.6. The molecule has 0 aromatic heterocycles. The first-order chi connectivity index (χ1) is 36.0. The lowest BCUT2D eigenvalue weighted by molar-refractivity contribution is -0.166. The maximum absolute atomic E-state index is 12.7. The molecule has 0 rings (SSSR count). The van der Waals surface area contributed by atoms with E-state index in [1.165, 1.54) is 128 Å². The maximum Gasteiger partial charge on any atom is 0.310 e. The van der Waals surface area contributed by atoms with Crippen LogP contribution in [-0.4, -0.2) is 37.2 Å². The zero-order valence-corrected chi connectivity index (χ0v) is 47.6. The molecule has 1 unspecified atom stereocenters. The standard InChI is InChI=1S/C67H112O6/c1-4-7-10-13-15-17-19-21-23-24-25-26-27-28-29-30-31-32-33-34-35-36-37-38-39-40-41-42-44-45-47-49-51-54-57-60-66(69)72-63-64(62-71-65(68)59-56-53-12-9-6-3)73-67(70)61-58-55-52-50-48-46-43-22-20-18-16-14-11-8-5-2/h7-8,10-11,15-18,21-23,25-26,43,48,50,55,58,64H,4-6,9,12-14,19-20,24,27-42,44-47,49,51-54,56-57,59-63H2,1-3H3/b10-7-,11-8-,17-15-,18-16-,23-21-,26-25-,43-22-,50-48-,58-55-. The maximum atomic E-state index is 12.7. The van der Waals surface area contributed by atoms with Crippen molar-refractivity contribution in [3.63, 3.8) is 0 Å². The molecule has 6 heteroatoms. The van der Waals surface area contributed by atoms with Gasteiger partial charge in [0.25, 0.3) is 0 Å². The molecule has 0 saturated heterocycles. The molecule has 0 amide bonds. The Morgan fingerprint density at radius 3 is 0.904 bits per heavy atom. The van der Waals surface area contributed by atoms with E-state index in [0.29, 0.717) is 12.8 Å². The molecular weight excluding hydrogens is 901 g/mol. The number of hydrogen-bond acceptors (Lipinski definition) is 6. The van der Waals surface area contributed by atoms with Gasteiger partial charge in [0.2, 0.25) is 0 Å². The Kier molecular flexibility index (Phi) is 57.4. The molecule has 0 spiro atoms. The average molecular weight is 1010 g/mol. The molecule has 0 aliphatic rings. The number of carbonyl (C=O) groups is 3. The minimum Gasteiger partial charge on any atom is -0.462 e. The van der Waals surface area contributed by atoms with Gasteiger partial charge < -0.3 is 14.2 Å². The molecule has 0 aromatic carbocycles. The average Bonchev–Trinajstić information content (AvgIpc) is 3.39. The number of hydrogen-bond donors (Lipinski definition) is 0. The van der Waals surface area contributed by atoms with Crippen LogP contribution in [0.4, 0.5) is 0 Å². The first kappa shape index (κ1) is 69.1. The van der Waals surface area contributed by atoms with Gasteiger partial charge in [-0.05, 0) is 83.5 Å². The Labute approximate surface area is 450 Å². The predicted octanol–water partition coefficient (Wildman–Crippen LogP) is 20.7. The molecule has 0 aromatic rings. The monoisotopic (exact) mass is 1010 g/mol. The Morgan fingerprint density at radius 1 is 0.301 bits per heavy atom. The van der Waals surface area contributed by atoms with E-state index in [-0.39, 0.29) is 31.6 Å². The van der Waals surface area contributed by atoms with E-state index in [2.05, 4.69) is 118 Å². The van der Waals surface area contributed by atoms with E-state index < -0.39 is 12.1 Å². The summed E-state index contributed by atoms with van der Waals surface area (Å²) in [6.07, 6.45) is 83.4. The fraction of sp³-hybridized carbons (Fsp3) is 0.687. The normalized spacial score (nSPS) is 12.9. The van der Waals surface area contributed by atoms with E-state index in [4.69, 9.17) is 14.2 Å². The van der Waals surface area contributed by atoms with Crippen LogP contribution in [0.5, 0.6) is 0 Å². The van der Waals surface area contributed by atoms with Gasteiger partial charge in [-0.1, -0.05) is 284 Å². The van der Waals surface area contributed by atoms with Crippen molar-refractivity contribution in [2.24, 2.45) is 0 Å². The molecule has 1 atom stereocenters. The second-order valence-corrected chi connectivity index (χ2v) is 19.9. The first-order valence-electron chi connectivity index (χ1n) is 30.4. The third-order valence-corrected chi connectivity index (χ3v) is 12.8. The van der Waals surface area contributed by atoms with Gasteiger partial charge in [0.15, 0.2) is 6.10 Å². The van der Waals surface area contributed by atoms with Crippen LogP contribution in [0.15, 0.2) is 109 Å². The zero-order valence-electron chi connectivity index (χ0n) is 47.6. The molecule has 6 nitrogen and oxygen atoms in total. The highest BCUT2D eigenvalue weighted by Crippen LogP contribution is 2.16. The van der Waals surface area contributed by atoms with Gasteiger partial charge in [0.1, 0.15) is 13.2 Å². The molecule has 0 heterocycles. The van der Waals surface area contributed by atoms with Gasteiger partial charge in [-0.2, -0.15) is 0 Å². The lowest BCUT2D eigenvalue weighted by Gasteiger charge is -2.18. The van der Waals surface area contributed by atoms with Crippen molar-refractivity contribution in [3.8, 4) is 0 Å². The smallest absolute Gasteiger partial charge is 0.310 e. The van der Waals surface area contributed by atoms with Crippen LogP contribution >= 0.6 is 0 Å². The molecule has 0 fully saturated rings. The SMILES string of the molecule is CC/C=C\C/C=C\C/C=C\C/C=C\C/C=C\CC(=O)OC(COC(=O)CCCCCCC)COC(=O)CCCCCCCCCCCCCCCCCCCCCCCC/C=C\C/C=C\C/C=C\C/C=C\CC. The van der Waals surface area contributed by atoms with Crippen LogP contribution in [0.2, 0.25) is 0 Å². The van der Waals surface area contributed by atoms with Crippen molar-refractivity contribution >= 4 is 17.9 Å². The predicted molar refractivity (Wildman–Crippen MR) is 316 cm³/mol. The van der Waals surface area contributed by atoms with Crippen molar-refractivity contribution in [1.29, 1.82) is 0 Å². The highest BCUT2D eigenvalue weighted by molar-refractivity contribution is 5.72. The largest absolute Gasteiger partial charge is 0.462 e. The van der Waals surface area contributed by atoms with Gasteiger partial charge in [-0.15, -0.1) is 0 Å². The van der Waals surface area contributed by atoms with Gasteiger partial charge in [0, 0.05) is 12.8 Å². The molecule has 73 heavy (non-hydrogen) atoms. The van der Waals surface area contributed by atoms with E-state index >= 15 is 0 Å². The van der Waals surface area contributed by atoms with Gasteiger partial charge in [0.05, 0.1) is 6.42 Å². The fourth-order valence-electron chi connectivity index (χ4n) is 8.33. The van der Waals surface area contributed by atoms with Crippen molar-refractivity contribution in [2.75, 3.05) is 13.2 Å². The van der Waals surface area contributed by atoms with Crippen LogP contribution in [0, 0.1) is 0 Å². The summed E-state index contributed by atoms with van der Waals surface area (Å²) in [5.41, 5.74) is 0. The Morgan fingerprint density at radius 2 is 0.575 bits per heavy atom. The first-order valence-corrected chi connectivity index (χ1v) is 30.4. The highest BCUT2D eigenvalue weighted by Gasteiger charge is 2.19. The topological polar surface area (TPSA) is 78.9 Å². The third kappa shape index (κ3) is 58.8. The molecule has 0 saturated carbocycles. The quantitative estimate of drug-likeness (QED) is 0.0261. The molecule has 0 bridgehead atoms. The summed E-state index contributed by atoms with van der Waals surface area (Å²) in [7, 11) is 0. The number of carbonyl (C=O) groups excluding carboxylic acids is 3. The lowest BCUT2D eigenvalue weighted by atomic mass is 10.0. The zero-order chi connectivity index (χ0) is 52.9. The van der Waals surface area contributed by atoms with E-state index in [1.807, 2.05) is 6.08 Å². The van der Waals surface area contributed by atoms with Crippen LogP contribution in [-0.2, 0) is 28.6 Å². The van der Waals surface area contributed by atoms with Crippen molar-refractivity contribution in [3.05, 3.63) is 109 Å². The van der Waals surface area contributed by atoms with Crippen molar-refractivity contribution in [2.45, 2.75) is 284 Å². The van der Waals surface area contributed by atoms with Crippen LogP contribution in [0.3, 0.4) is 0 Å². The van der Waals surface area contributed by atoms with Gasteiger partial charge in [-0.25, -0.2) is 0 Å². The minimum absolute atomic E-state index is 0.0973. The summed E-state index contributed by atoms with van der Waals surface area (Å²) >= 11 is 0. The second-order valence-electron chi connectivity index (χ2n) is 19.9. The number of allylic oxidation sites excluding steroid dienone is 17. The number of rotatable bonds is 54. The Bertz CT molecular complexity index is 1490. The summed E-state index contributed by atoms with van der Waals surface area (Å²) < 4.78 is 16.6. The third-order valence-electron chi connectivity index (χ3n) is 12.8. The van der Waals surface area contributed by atoms with Gasteiger partial charge in [-0.3, -0.25) is 14.4 Å². The van der Waals surface area contributed by atoms with Crippen molar-refractivity contribution < 1.29 is 28.6 Å². The fourth-order valence-corrected chi connectivity index (χ4v) is 8.33. The molecule has 0 radical (unpaired) electrons. The molecule has 0 N–H and O–H groups in total. The molecule has 0 aliphatic carbocycles. The molecule has 416 valence electrons.